The maximum atomic E-state index is 12.4. The van der Waals surface area contributed by atoms with E-state index in [0.717, 1.165) is 5.56 Å². The second-order valence-corrected chi connectivity index (χ2v) is 6.31. The molecule has 0 fully saturated rings. The fourth-order valence-corrected chi connectivity index (χ4v) is 2.68. The van der Waals surface area contributed by atoms with Crippen molar-refractivity contribution in [1.82, 2.24) is 10.3 Å². The van der Waals surface area contributed by atoms with Crippen LogP contribution in [0.4, 0.5) is 11.4 Å². The maximum absolute atomic E-state index is 12.4. The Labute approximate surface area is 162 Å². The molecule has 27 heavy (non-hydrogen) atoms. The summed E-state index contributed by atoms with van der Waals surface area (Å²) in [4.78, 5) is 16.5. The Morgan fingerprint density at radius 1 is 1.11 bits per heavy atom. The molecule has 0 aliphatic rings. The minimum absolute atomic E-state index is 0.200. The number of aromatic nitrogens is 1. The van der Waals surface area contributed by atoms with E-state index >= 15 is 0 Å². The van der Waals surface area contributed by atoms with Gasteiger partial charge in [0.25, 0.3) is 5.91 Å². The zero-order valence-corrected chi connectivity index (χ0v) is 15.2. The number of rotatable bonds is 6. The highest BCUT2D eigenvalue weighted by molar-refractivity contribution is 6.30. The van der Waals surface area contributed by atoms with E-state index < -0.39 is 0 Å². The van der Waals surface area contributed by atoms with Gasteiger partial charge in [-0.25, -0.2) is 0 Å². The second-order valence-electron chi connectivity index (χ2n) is 5.88. The highest BCUT2D eigenvalue weighted by Crippen LogP contribution is 2.20. The molecule has 5 nitrogen and oxygen atoms in total. The molecule has 0 saturated heterocycles. The first-order valence-corrected chi connectivity index (χ1v) is 8.77. The van der Waals surface area contributed by atoms with Crippen molar-refractivity contribution in [2.45, 2.75) is 6.42 Å². The van der Waals surface area contributed by atoms with Crippen molar-refractivity contribution < 1.29 is 4.79 Å². The van der Waals surface area contributed by atoms with E-state index in [-0.39, 0.29) is 5.91 Å². The minimum atomic E-state index is -0.200. The van der Waals surface area contributed by atoms with Crippen molar-refractivity contribution in [3.63, 3.8) is 0 Å². The number of hydrogen-bond acceptors (Lipinski definition) is 4. The van der Waals surface area contributed by atoms with Gasteiger partial charge < -0.3 is 10.6 Å². The molecule has 0 unspecified atom stereocenters. The van der Waals surface area contributed by atoms with Crippen LogP contribution in [-0.2, 0) is 6.42 Å². The molecule has 0 bridgehead atoms. The fraction of sp³-hybridized carbons (Fsp3) is 0.0952. The van der Waals surface area contributed by atoms with Crippen LogP contribution in [0.3, 0.4) is 0 Å². The fourth-order valence-electron chi connectivity index (χ4n) is 2.55. The molecule has 0 aliphatic heterocycles. The van der Waals surface area contributed by atoms with Crippen LogP contribution >= 0.6 is 11.6 Å². The SMILES string of the molecule is N#Cc1ccccc1Nc1cncc(C(=O)NCCc2ccc(Cl)cc2)c1. The van der Waals surface area contributed by atoms with Crippen molar-refractivity contribution in [2.24, 2.45) is 0 Å². The van der Waals surface area contributed by atoms with E-state index in [1.165, 1.54) is 6.20 Å². The molecule has 3 aromatic rings. The van der Waals surface area contributed by atoms with E-state index in [9.17, 15) is 4.79 Å². The van der Waals surface area contributed by atoms with E-state index in [4.69, 9.17) is 16.9 Å². The average molecular weight is 377 g/mol. The Bertz CT molecular complexity index is 980. The van der Waals surface area contributed by atoms with Gasteiger partial charge in [-0.3, -0.25) is 9.78 Å². The number of pyridine rings is 1. The lowest BCUT2D eigenvalue weighted by Crippen LogP contribution is -2.25. The molecule has 2 N–H and O–H groups in total. The number of nitrogens with zero attached hydrogens (tertiary/aromatic N) is 2. The first-order chi connectivity index (χ1) is 13.2. The van der Waals surface area contributed by atoms with Gasteiger partial charge in [-0.2, -0.15) is 5.26 Å². The van der Waals surface area contributed by atoms with Gasteiger partial charge in [-0.05, 0) is 42.3 Å². The minimum Gasteiger partial charge on any atom is -0.353 e. The lowest BCUT2D eigenvalue weighted by atomic mass is 10.1. The number of nitriles is 1. The third-order valence-corrected chi connectivity index (χ3v) is 4.19. The highest BCUT2D eigenvalue weighted by atomic mass is 35.5. The van der Waals surface area contributed by atoms with Crippen molar-refractivity contribution in [1.29, 1.82) is 5.26 Å². The van der Waals surface area contributed by atoms with E-state index in [2.05, 4.69) is 21.7 Å². The molecule has 0 aliphatic carbocycles. The predicted molar refractivity (Wildman–Crippen MR) is 106 cm³/mol. The Morgan fingerprint density at radius 3 is 2.67 bits per heavy atom. The quantitative estimate of drug-likeness (QED) is 0.671. The standard InChI is InChI=1S/C21H17ClN4O/c22-18-7-5-15(6-8-18)9-10-25-21(27)17-11-19(14-24-13-17)26-20-4-2-1-3-16(20)12-23/h1-8,11,13-14,26H,9-10H2,(H,25,27). The normalized spacial score (nSPS) is 10.1. The summed E-state index contributed by atoms with van der Waals surface area (Å²) in [5.41, 5.74) is 3.38. The first-order valence-electron chi connectivity index (χ1n) is 8.39. The summed E-state index contributed by atoms with van der Waals surface area (Å²) in [6.45, 7) is 0.509. The van der Waals surface area contributed by atoms with Crippen molar-refractivity contribution in [3.05, 3.63) is 88.7 Å². The topological polar surface area (TPSA) is 77.8 Å². The molecule has 1 aromatic heterocycles. The molecular weight excluding hydrogens is 360 g/mol. The van der Waals surface area contributed by atoms with Gasteiger partial charge in [-0.1, -0.05) is 35.9 Å². The monoisotopic (exact) mass is 376 g/mol. The number of carbonyl (C=O) groups excluding carboxylic acids is 1. The Hall–Kier alpha value is -3.36. The first kappa shape index (κ1) is 18.4. The molecule has 6 heteroatoms. The van der Waals surface area contributed by atoms with Crippen LogP contribution in [0.1, 0.15) is 21.5 Å². The number of nitrogens with one attached hydrogen (secondary N) is 2. The van der Waals surface area contributed by atoms with Crippen LogP contribution < -0.4 is 10.6 Å². The Morgan fingerprint density at radius 2 is 1.89 bits per heavy atom. The van der Waals surface area contributed by atoms with Crippen molar-refractivity contribution in [2.75, 3.05) is 11.9 Å². The number of halogens is 1. The van der Waals surface area contributed by atoms with Gasteiger partial charge >= 0.3 is 0 Å². The predicted octanol–water partition coefficient (Wildman–Crippen LogP) is 4.32. The molecule has 134 valence electrons. The molecule has 3 rings (SSSR count). The van der Waals surface area contributed by atoms with Crippen molar-refractivity contribution >= 4 is 28.9 Å². The second kappa shape index (κ2) is 8.84. The number of benzene rings is 2. The van der Waals surface area contributed by atoms with E-state index in [0.29, 0.717) is 40.5 Å². The van der Waals surface area contributed by atoms with E-state index in [1.54, 1.807) is 30.5 Å². The van der Waals surface area contributed by atoms with Gasteiger partial charge in [0.05, 0.1) is 28.7 Å². The molecule has 0 radical (unpaired) electrons. The lowest BCUT2D eigenvalue weighted by Gasteiger charge is -2.10. The number of anilines is 2. The van der Waals surface area contributed by atoms with Crippen LogP contribution in [0.25, 0.3) is 0 Å². The molecule has 1 amide bonds. The third kappa shape index (κ3) is 5.06. The summed E-state index contributed by atoms with van der Waals surface area (Å²) >= 11 is 5.87. The van der Waals surface area contributed by atoms with Gasteiger partial charge in [0.15, 0.2) is 0 Å². The summed E-state index contributed by atoms with van der Waals surface area (Å²) in [6.07, 6.45) is 3.83. The van der Waals surface area contributed by atoms with Crippen LogP contribution in [0, 0.1) is 11.3 Å². The Kier molecular flexibility index (Phi) is 6.03. The number of hydrogen-bond donors (Lipinski definition) is 2. The number of carbonyl (C=O) groups is 1. The summed E-state index contributed by atoms with van der Waals surface area (Å²) in [6, 6.07) is 18.5. The molecule has 1 heterocycles. The number of amides is 1. The van der Waals surface area contributed by atoms with Crippen LogP contribution in [0.15, 0.2) is 67.0 Å². The summed E-state index contributed by atoms with van der Waals surface area (Å²) in [7, 11) is 0. The van der Waals surface area contributed by atoms with E-state index in [1.807, 2.05) is 30.3 Å². The Balaban J connectivity index is 1.61. The molecule has 2 aromatic carbocycles. The smallest absolute Gasteiger partial charge is 0.252 e. The van der Waals surface area contributed by atoms with Crippen LogP contribution in [0.5, 0.6) is 0 Å². The van der Waals surface area contributed by atoms with Crippen molar-refractivity contribution in [3.8, 4) is 6.07 Å². The molecular formula is C21H17ClN4O. The van der Waals surface area contributed by atoms with Gasteiger partial charge in [0.2, 0.25) is 0 Å². The van der Waals surface area contributed by atoms with Crippen LogP contribution in [0.2, 0.25) is 5.02 Å². The number of para-hydroxylation sites is 1. The summed E-state index contributed by atoms with van der Waals surface area (Å²) < 4.78 is 0. The maximum Gasteiger partial charge on any atom is 0.252 e. The molecule has 0 atom stereocenters. The largest absolute Gasteiger partial charge is 0.353 e. The average Bonchev–Trinajstić information content (AvgIpc) is 2.70. The van der Waals surface area contributed by atoms with Gasteiger partial charge in [0, 0.05) is 17.8 Å². The molecule has 0 saturated carbocycles. The summed E-state index contributed by atoms with van der Waals surface area (Å²) in [5.74, 6) is -0.200. The van der Waals surface area contributed by atoms with Gasteiger partial charge in [0.1, 0.15) is 6.07 Å². The summed E-state index contributed by atoms with van der Waals surface area (Å²) in [5, 5.41) is 15.9. The highest BCUT2D eigenvalue weighted by Gasteiger charge is 2.08. The third-order valence-electron chi connectivity index (χ3n) is 3.94. The van der Waals surface area contributed by atoms with Gasteiger partial charge in [-0.15, -0.1) is 0 Å². The zero-order valence-electron chi connectivity index (χ0n) is 14.4. The lowest BCUT2D eigenvalue weighted by molar-refractivity contribution is 0.0954. The zero-order chi connectivity index (χ0) is 19.1. The van der Waals surface area contributed by atoms with Crippen LogP contribution in [-0.4, -0.2) is 17.4 Å². The molecule has 0 spiro atoms.